The predicted molar refractivity (Wildman–Crippen MR) is 78.4 cm³/mol. The summed E-state index contributed by atoms with van der Waals surface area (Å²) in [4.78, 5) is 11.5. The summed E-state index contributed by atoms with van der Waals surface area (Å²) in [6.45, 7) is 3.63. The third kappa shape index (κ3) is 4.84. The normalized spacial score (nSPS) is 12.4. The van der Waals surface area contributed by atoms with Crippen molar-refractivity contribution in [3.8, 4) is 5.75 Å². The fourth-order valence-corrected chi connectivity index (χ4v) is 1.36. The fourth-order valence-electron chi connectivity index (χ4n) is 1.36. The van der Waals surface area contributed by atoms with Gasteiger partial charge in [-0.15, -0.1) is 0 Å². The lowest BCUT2D eigenvalue weighted by Gasteiger charge is -2.02. The summed E-state index contributed by atoms with van der Waals surface area (Å²) in [5, 5.41) is 0. The van der Waals surface area contributed by atoms with Crippen molar-refractivity contribution in [2.45, 2.75) is 13.8 Å². The van der Waals surface area contributed by atoms with Crippen LogP contribution in [0.15, 0.2) is 57.8 Å². The summed E-state index contributed by atoms with van der Waals surface area (Å²) in [5.74, 6) is 1.00. The third-order valence-electron chi connectivity index (χ3n) is 2.39. The molecule has 1 rings (SSSR count). The maximum Gasteiger partial charge on any atom is 0.342 e. The zero-order valence-electron chi connectivity index (χ0n) is 11.4. The smallest absolute Gasteiger partial charge is 0.342 e. The molecule has 0 fully saturated rings. The number of hydrogen-bond donors (Lipinski definition) is 0. The molecule has 0 saturated heterocycles. The van der Waals surface area contributed by atoms with Gasteiger partial charge in [0, 0.05) is 6.07 Å². The molecule has 0 aromatic carbocycles. The Balaban J connectivity index is 2.77. The van der Waals surface area contributed by atoms with E-state index in [1.54, 1.807) is 25.1 Å². The van der Waals surface area contributed by atoms with E-state index in [1.165, 1.54) is 7.11 Å². The average molecular weight is 258 g/mol. The molecule has 0 unspecified atom stereocenters. The first-order chi connectivity index (χ1) is 9.19. The minimum absolute atomic E-state index is 0.379. The van der Waals surface area contributed by atoms with Gasteiger partial charge in [0.1, 0.15) is 11.5 Å². The first-order valence-corrected chi connectivity index (χ1v) is 6.00. The molecule has 1 aromatic rings. The van der Waals surface area contributed by atoms with E-state index in [2.05, 4.69) is 0 Å². The molecule has 0 saturated carbocycles. The van der Waals surface area contributed by atoms with Crippen LogP contribution in [0.2, 0.25) is 0 Å². The fraction of sp³-hybridized carbons (Fsp3) is 0.188. The van der Waals surface area contributed by atoms with Gasteiger partial charge in [-0.1, -0.05) is 42.5 Å². The van der Waals surface area contributed by atoms with E-state index in [9.17, 15) is 4.79 Å². The SMILES string of the molecule is C/C=C/C=C/C=C/C=C/c1cc(OC)c(C)c(=O)o1. The Morgan fingerprint density at radius 1 is 1.11 bits per heavy atom. The quantitative estimate of drug-likeness (QED) is 0.757. The molecule has 1 heterocycles. The van der Waals surface area contributed by atoms with Gasteiger partial charge in [0.25, 0.3) is 0 Å². The van der Waals surface area contributed by atoms with E-state index in [-0.39, 0.29) is 5.63 Å². The van der Waals surface area contributed by atoms with E-state index in [0.29, 0.717) is 17.1 Å². The van der Waals surface area contributed by atoms with Gasteiger partial charge in [0.2, 0.25) is 0 Å². The third-order valence-corrected chi connectivity index (χ3v) is 2.39. The molecular weight excluding hydrogens is 240 g/mol. The number of ether oxygens (including phenoxy) is 1. The van der Waals surface area contributed by atoms with Gasteiger partial charge in [0.05, 0.1) is 12.7 Å². The summed E-state index contributed by atoms with van der Waals surface area (Å²) in [6, 6.07) is 1.69. The zero-order valence-corrected chi connectivity index (χ0v) is 11.4. The van der Waals surface area contributed by atoms with E-state index >= 15 is 0 Å². The van der Waals surface area contributed by atoms with Crippen molar-refractivity contribution >= 4 is 6.08 Å². The molecule has 0 amide bonds. The van der Waals surface area contributed by atoms with Crippen molar-refractivity contribution in [1.82, 2.24) is 0 Å². The van der Waals surface area contributed by atoms with Crippen LogP contribution in [-0.2, 0) is 0 Å². The second kappa shape index (κ2) is 7.93. The van der Waals surface area contributed by atoms with Crippen LogP contribution in [0.3, 0.4) is 0 Å². The van der Waals surface area contributed by atoms with Crippen LogP contribution in [-0.4, -0.2) is 7.11 Å². The van der Waals surface area contributed by atoms with Crippen LogP contribution in [0, 0.1) is 6.92 Å². The van der Waals surface area contributed by atoms with Crippen molar-refractivity contribution in [2.24, 2.45) is 0 Å². The Bertz CT molecular complexity index is 572. The molecule has 0 atom stereocenters. The molecule has 0 bridgehead atoms. The van der Waals surface area contributed by atoms with Crippen LogP contribution in [0.5, 0.6) is 5.75 Å². The first-order valence-electron chi connectivity index (χ1n) is 6.00. The van der Waals surface area contributed by atoms with Gasteiger partial charge < -0.3 is 9.15 Å². The predicted octanol–water partition coefficient (Wildman–Crippen LogP) is 3.66. The van der Waals surface area contributed by atoms with Crippen molar-refractivity contribution in [3.05, 3.63) is 70.3 Å². The lowest BCUT2D eigenvalue weighted by molar-refractivity contribution is 0.395. The number of methoxy groups -OCH3 is 1. The van der Waals surface area contributed by atoms with E-state index in [1.807, 2.05) is 43.4 Å². The summed E-state index contributed by atoms with van der Waals surface area (Å²) >= 11 is 0. The van der Waals surface area contributed by atoms with Crippen LogP contribution in [0.4, 0.5) is 0 Å². The summed E-state index contributed by atoms with van der Waals surface area (Å²) in [5.41, 5.74) is 0.0976. The van der Waals surface area contributed by atoms with Crippen LogP contribution >= 0.6 is 0 Å². The van der Waals surface area contributed by atoms with Gasteiger partial charge in [-0.25, -0.2) is 4.79 Å². The zero-order chi connectivity index (χ0) is 14.1. The Labute approximate surface area is 113 Å². The lowest BCUT2D eigenvalue weighted by Crippen LogP contribution is -2.05. The second-order valence-corrected chi connectivity index (χ2v) is 3.78. The molecule has 1 aromatic heterocycles. The van der Waals surface area contributed by atoms with E-state index in [0.717, 1.165) is 0 Å². The Hall–Kier alpha value is -2.29. The molecule has 100 valence electrons. The van der Waals surface area contributed by atoms with Crippen molar-refractivity contribution in [2.75, 3.05) is 7.11 Å². The Morgan fingerprint density at radius 3 is 2.37 bits per heavy atom. The number of rotatable bonds is 5. The first kappa shape index (κ1) is 14.8. The second-order valence-electron chi connectivity index (χ2n) is 3.78. The van der Waals surface area contributed by atoms with Crippen molar-refractivity contribution in [1.29, 1.82) is 0 Å². The molecule has 0 aliphatic carbocycles. The van der Waals surface area contributed by atoms with Gasteiger partial charge in [-0.3, -0.25) is 0 Å². The van der Waals surface area contributed by atoms with Crippen molar-refractivity contribution in [3.63, 3.8) is 0 Å². The molecule has 0 aliphatic rings. The minimum Gasteiger partial charge on any atom is -0.496 e. The van der Waals surface area contributed by atoms with Gasteiger partial charge in [-0.2, -0.15) is 0 Å². The summed E-state index contributed by atoms with van der Waals surface area (Å²) in [7, 11) is 1.53. The summed E-state index contributed by atoms with van der Waals surface area (Å²) in [6.07, 6.45) is 15.0. The average Bonchev–Trinajstić information content (AvgIpc) is 2.41. The topological polar surface area (TPSA) is 39.4 Å². The van der Waals surface area contributed by atoms with Gasteiger partial charge >= 0.3 is 5.63 Å². The van der Waals surface area contributed by atoms with Gasteiger partial charge in [-0.05, 0) is 19.9 Å². The molecule has 0 spiro atoms. The van der Waals surface area contributed by atoms with Crippen molar-refractivity contribution < 1.29 is 9.15 Å². The van der Waals surface area contributed by atoms with E-state index in [4.69, 9.17) is 9.15 Å². The highest BCUT2D eigenvalue weighted by atomic mass is 16.5. The van der Waals surface area contributed by atoms with Crippen LogP contribution in [0.1, 0.15) is 18.2 Å². The molecular formula is C16H18O3. The Kier molecular flexibility index (Phi) is 6.16. The van der Waals surface area contributed by atoms with Gasteiger partial charge in [0.15, 0.2) is 0 Å². The summed E-state index contributed by atoms with van der Waals surface area (Å²) < 4.78 is 10.2. The molecule has 3 heteroatoms. The largest absolute Gasteiger partial charge is 0.496 e. The molecule has 0 N–H and O–H groups in total. The lowest BCUT2D eigenvalue weighted by atomic mass is 10.2. The standard InChI is InChI=1S/C16H18O3/c1-4-5-6-7-8-9-10-11-14-12-15(18-3)13(2)16(17)19-14/h4-12H,1-3H3/b5-4+,7-6+,9-8+,11-10+. The minimum atomic E-state index is -0.379. The molecule has 3 nitrogen and oxygen atoms in total. The molecule has 19 heavy (non-hydrogen) atoms. The van der Waals surface area contributed by atoms with Crippen LogP contribution in [0.25, 0.3) is 6.08 Å². The monoisotopic (exact) mass is 258 g/mol. The molecule has 0 radical (unpaired) electrons. The van der Waals surface area contributed by atoms with E-state index < -0.39 is 0 Å². The maximum absolute atomic E-state index is 11.5. The van der Waals surface area contributed by atoms with Crippen LogP contribution < -0.4 is 10.4 Å². The number of allylic oxidation sites excluding steroid dienone is 7. The maximum atomic E-state index is 11.5. The highest BCUT2D eigenvalue weighted by molar-refractivity contribution is 5.48. The Morgan fingerprint density at radius 2 is 1.74 bits per heavy atom. The highest BCUT2D eigenvalue weighted by Crippen LogP contribution is 2.16. The molecule has 0 aliphatic heterocycles. The highest BCUT2D eigenvalue weighted by Gasteiger charge is 2.05. The number of hydrogen-bond acceptors (Lipinski definition) is 3.